The fraction of sp³-hybridized carbons (Fsp3) is 0.538. The lowest BCUT2D eigenvalue weighted by atomic mass is 9.91. The van der Waals surface area contributed by atoms with Crippen LogP contribution in [0.2, 0.25) is 0 Å². The van der Waals surface area contributed by atoms with Crippen LogP contribution in [-0.4, -0.2) is 43.9 Å². The number of rotatable bonds is 3. The van der Waals surface area contributed by atoms with E-state index in [9.17, 15) is 10.1 Å². The van der Waals surface area contributed by atoms with Crippen LogP contribution in [0.15, 0.2) is 6.07 Å². The van der Waals surface area contributed by atoms with E-state index in [0.29, 0.717) is 17.2 Å². The number of hydrogen-bond acceptors (Lipinski definition) is 6. The van der Waals surface area contributed by atoms with Gasteiger partial charge in [-0.15, -0.1) is 0 Å². The topological polar surface area (TPSA) is 74.1 Å². The molecular weight excluding hydrogens is 264 g/mol. The molecule has 0 saturated carbocycles. The molecule has 0 spiro atoms. The first-order valence-corrected chi connectivity index (χ1v) is 6.43. The van der Waals surface area contributed by atoms with Crippen LogP contribution >= 0.6 is 0 Å². The lowest BCUT2D eigenvalue weighted by Gasteiger charge is -2.33. The summed E-state index contributed by atoms with van der Waals surface area (Å²) in [6.07, 6.45) is 0.813. The zero-order chi connectivity index (χ0) is 14.3. The van der Waals surface area contributed by atoms with Crippen LogP contribution in [0.3, 0.4) is 0 Å². The van der Waals surface area contributed by atoms with Crippen LogP contribution in [0.1, 0.15) is 17.2 Å². The zero-order valence-corrected chi connectivity index (χ0v) is 11.4. The third kappa shape index (κ3) is 1.94. The largest absolute Gasteiger partial charge is 0.492 e. The highest BCUT2D eigenvalue weighted by molar-refractivity contribution is 5.61. The normalized spacial score (nSPS) is 20.6. The van der Waals surface area contributed by atoms with E-state index in [2.05, 4.69) is 0 Å². The molecule has 0 aromatic heterocycles. The van der Waals surface area contributed by atoms with E-state index in [1.54, 1.807) is 7.11 Å². The quantitative estimate of drug-likeness (QED) is 0.612. The molecule has 1 aromatic carbocycles. The van der Waals surface area contributed by atoms with E-state index < -0.39 is 0 Å². The van der Waals surface area contributed by atoms with Gasteiger partial charge < -0.3 is 14.2 Å². The van der Waals surface area contributed by atoms with Gasteiger partial charge in [-0.3, -0.25) is 15.0 Å². The van der Waals surface area contributed by atoms with Crippen LogP contribution in [0, 0.1) is 10.1 Å². The second-order valence-electron chi connectivity index (χ2n) is 4.98. The molecule has 2 heterocycles. The number of nitrogens with zero attached hydrogens (tertiary/aromatic N) is 2. The van der Waals surface area contributed by atoms with Gasteiger partial charge in [0.05, 0.1) is 7.11 Å². The Labute approximate surface area is 116 Å². The monoisotopic (exact) mass is 280 g/mol. The highest BCUT2D eigenvalue weighted by Crippen LogP contribution is 2.49. The van der Waals surface area contributed by atoms with Gasteiger partial charge in [0.15, 0.2) is 11.5 Å². The fourth-order valence-electron chi connectivity index (χ4n) is 2.90. The van der Waals surface area contributed by atoms with Crippen molar-refractivity contribution in [3.05, 3.63) is 27.3 Å². The average Bonchev–Trinajstić information content (AvgIpc) is 2.87. The maximum Gasteiger partial charge on any atom is 0.231 e. The highest BCUT2D eigenvalue weighted by atomic mass is 16.7. The molecule has 20 heavy (non-hydrogen) atoms. The molecule has 3 rings (SSSR count). The van der Waals surface area contributed by atoms with Crippen LogP contribution in [0.25, 0.3) is 0 Å². The summed E-state index contributed by atoms with van der Waals surface area (Å²) in [7, 11) is 3.44. The highest BCUT2D eigenvalue weighted by Gasteiger charge is 2.36. The Morgan fingerprint density at radius 3 is 3.05 bits per heavy atom. The SMILES string of the molecule is COc1c2c(cc3c1C(C[N+](=O)[O-])N(C)CC3)OCO2. The summed E-state index contributed by atoms with van der Waals surface area (Å²) in [5, 5.41) is 10.9. The molecule has 0 radical (unpaired) electrons. The minimum absolute atomic E-state index is 0.153. The number of hydrogen-bond donors (Lipinski definition) is 0. The van der Waals surface area contributed by atoms with Crippen molar-refractivity contribution >= 4 is 0 Å². The van der Waals surface area contributed by atoms with Crippen molar-refractivity contribution in [3.8, 4) is 17.2 Å². The lowest BCUT2D eigenvalue weighted by molar-refractivity contribution is -0.488. The summed E-state index contributed by atoms with van der Waals surface area (Å²) < 4.78 is 16.3. The summed E-state index contributed by atoms with van der Waals surface area (Å²) in [4.78, 5) is 12.6. The number of likely N-dealkylation sites (N-methyl/N-ethyl adjacent to an activating group) is 1. The Morgan fingerprint density at radius 1 is 1.55 bits per heavy atom. The Kier molecular flexibility index (Phi) is 3.13. The summed E-state index contributed by atoms with van der Waals surface area (Å²) in [5.41, 5.74) is 1.89. The van der Waals surface area contributed by atoms with Crippen molar-refractivity contribution in [2.24, 2.45) is 0 Å². The second-order valence-corrected chi connectivity index (χ2v) is 4.98. The van der Waals surface area contributed by atoms with Gasteiger partial charge in [0.2, 0.25) is 19.1 Å². The second kappa shape index (κ2) is 4.82. The number of benzene rings is 1. The molecule has 108 valence electrons. The van der Waals surface area contributed by atoms with Crippen molar-refractivity contribution in [3.63, 3.8) is 0 Å². The number of nitro groups is 1. The standard InChI is InChI=1S/C13H16N2O5/c1-14-4-3-8-5-10-12(20-7-19-10)13(18-2)11(8)9(14)6-15(16)17/h5,9H,3-4,6-7H2,1-2H3. The molecule has 1 unspecified atom stereocenters. The molecule has 0 fully saturated rings. The third-order valence-electron chi connectivity index (χ3n) is 3.87. The molecule has 1 aromatic rings. The maximum atomic E-state index is 10.9. The van der Waals surface area contributed by atoms with Gasteiger partial charge in [-0.05, 0) is 25.1 Å². The van der Waals surface area contributed by atoms with Crippen LogP contribution in [0.4, 0.5) is 0 Å². The van der Waals surface area contributed by atoms with Crippen LogP contribution in [0.5, 0.6) is 17.2 Å². The van der Waals surface area contributed by atoms with Gasteiger partial charge in [-0.25, -0.2) is 0 Å². The van der Waals surface area contributed by atoms with Gasteiger partial charge in [-0.2, -0.15) is 0 Å². The van der Waals surface area contributed by atoms with Crippen molar-refractivity contribution in [2.75, 3.05) is 34.0 Å². The molecule has 0 amide bonds. The molecule has 7 nitrogen and oxygen atoms in total. The first-order chi connectivity index (χ1) is 9.61. The zero-order valence-electron chi connectivity index (χ0n) is 11.4. The lowest BCUT2D eigenvalue weighted by Crippen LogP contribution is -2.36. The number of ether oxygens (including phenoxy) is 3. The first kappa shape index (κ1) is 13.0. The minimum Gasteiger partial charge on any atom is -0.492 e. The molecular formula is C13H16N2O5. The Hall–Kier alpha value is -2.02. The van der Waals surface area contributed by atoms with Crippen LogP contribution in [-0.2, 0) is 6.42 Å². The Balaban J connectivity index is 2.14. The van der Waals surface area contributed by atoms with Crippen molar-refractivity contribution in [1.29, 1.82) is 0 Å². The fourth-order valence-corrected chi connectivity index (χ4v) is 2.90. The first-order valence-electron chi connectivity index (χ1n) is 6.43. The summed E-state index contributed by atoms with van der Waals surface area (Å²) in [6.45, 7) is 0.776. The summed E-state index contributed by atoms with van der Waals surface area (Å²) >= 11 is 0. The predicted octanol–water partition coefficient (Wildman–Crippen LogP) is 1.23. The Bertz CT molecular complexity index is 560. The van der Waals surface area contributed by atoms with E-state index in [1.807, 2.05) is 18.0 Å². The molecule has 0 bridgehead atoms. The van der Waals surface area contributed by atoms with E-state index in [1.165, 1.54) is 0 Å². The maximum absolute atomic E-state index is 10.9. The van der Waals surface area contributed by atoms with Gasteiger partial charge in [-0.1, -0.05) is 0 Å². The van der Waals surface area contributed by atoms with Crippen LogP contribution < -0.4 is 14.2 Å². The molecule has 0 N–H and O–H groups in total. The molecule has 1 atom stereocenters. The molecule has 2 aliphatic rings. The number of fused-ring (bicyclic) bond motifs is 2. The molecule has 7 heteroatoms. The summed E-state index contributed by atoms with van der Waals surface area (Å²) in [5.74, 6) is 1.77. The van der Waals surface area contributed by atoms with E-state index in [0.717, 1.165) is 24.1 Å². The Morgan fingerprint density at radius 2 is 2.35 bits per heavy atom. The van der Waals surface area contributed by atoms with E-state index in [4.69, 9.17) is 14.2 Å². The average molecular weight is 280 g/mol. The minimum atomic E-state index is -0.307. The van der Waals surface area contributed by atoms with Gasteiger partial charge >= 0.3 is 0 Å². The van der Waals surface area contributed by atoms with Gasteiger partial charge in [0.1, 0.15) is 6.04 Å². The van der Waals surface area contributed by atoms with E-state index >= 15 is 0 Å². The van der Waals surface area contributed by atoms with Crippen molar-refractivity contribution < 1.29 is 19.1 Å². The molecule has 0 saturated heterocycles. The van der Waals surface area contributed by atoms with Crippen molar-refractivity contribution in [2.45, 2.75) is 12.5 Å². The number of methoxy groups -OCH3 is 1. The third-order valence-corrected chi connectivity index (χ3v) is 3.87. The smallest absolute Gasteiger partial charge is 0.231 e. The van der Waals surface area contributed by atoms with Gasteiger partial charge in [0.25, 0.3) is 0 Å². The van der Waals surface area contributed by atoms with Crippen molar-refractivity contribution in [1.82, 2.24) is 4.90 Å². The molecule has 2 aliphatic heterocycles. The van der Waals surface area contributed by atoms with Gasteiger partial charge in [0, 0.05) is 17.0 Å². The predicted molar refractivity (Wildman–Crippen MR) is 70.1 cm³/mol. The molecule has 0 aliphatic carbocycles. The van der Waals surface area contributed by atoms with E-state index in [-0.39, 0.29) is 24.3 Å². The summed E-state index contributed by atoms with van der Waals surface area (Å²) in [6, 6.07) is 1.61.